The molecule has 246 valence electrons. The predicted molar refractivity (Wildman–Crippen MR) is 196 cm³/mol. The highest BCUT2D eigenvalue weighted by molar-refractivity contribution is 5.66. The summed E-state index contributed by atoms with van der Waals surface area (Å²) >= 11 is 0. The lowest BCUT2D eigenvalue weighted by atomic mass is 9.75. The Bertz CT molecular complexity index is 960. The molecule has 0 aromatic heterocycles. The molecule has 0 amide bonds. The predicted octanol–water partition coefficient (Wildman–Crippen LogP) is 14.8. The van der Waals surface area contributed by atoms with E-state index in [1.54, 1.807) is 11.1 Å². The summed E-state index contributed by atoms with van der Waals surface area (Å²) in [4.78, 5) is 0. The monoisotopic (exact) mass is 599 g/mol. The molecule has 2 aromatic rings. The van der Waals surface area contributed by atoms with E-state index in [0.29, 0.717) is 0 Å². The van der Waals surface area contributed by atoms with E-state index in [9.17, 15) is 0 Å². The summed E-state index contributed by atoms with van der Waals surface area (Å²) in [5.41, 5.74) is 9.10. The van der Waals surface area contributed by atoms with Crippen molar-refractivity contribution in [1.82, 2.24) is 0 Å². The summed E-state index contributed by atoms with van der Waals surface area (Å²) in [5.74, 6) is 3.53. The minimum atomic E-state index is 0.777. The van der Waals surface area contributed by atoms with E-state index in [1.807, 2.05) is 0 Å². The van der Waals surface area contributed by atoms with Crippen molar-refractivity contribution in [2.45, 2.75) is 194 Å². The van der Waals surface area contributed by atoms with E-state index in [-0.39, 0.29) is 0 Å². The normalized spacial score (nSPS) is 22.4. The zero-order chi connectivity index (χ0) is 31.0. The molecule has 0 bridgehead atoms. The van der Waals surface area contributed by atoms with E-state index in [2.05, 4.69) is 64.1 Å². The maximum atomic E-state index is 2.49. The fourth-order valence-electron chi connectivity index (χ4n) is 8.93. The van der Waals surface area contributed by atoms with Crippen molar-refractivity contribution < 1.29 is 0 Å². The molecule has 44 heavy (non-hydrogen) atoms. The van der Waals surface area contributed by atoms with Crippen molar-refractivity contribution in [3.63, 3.8) is 0 Å². The highest BCUT2D eigenvalue weighted by Gasteiger charge is 2.25. The minimum absolute atomic E-state index is 0.777. The van der Waals surface area contributed by atoms with Gasteiger partial charge in [-0.3, -0.25) is 0 Å². The average Bonchev–Trinajstić information content (AvgIpc) is 3.04. The van der Waals surface area contributed by atoms with Crippen LogP contribution in [0.5, 0.6) is 0 Å². The second kappa shape index (κ2) is 19.8. The summed E-state index contributed by atoms with van der Waals surface area (Å²) in [6, 6.07) is 14.8. The quantitative estimate of drug-likeness (QED) is 0.141. The Kier molecular flexibility index (Phi) is 15.9. The lowest BCUT2D eigenvalue weighted by Crippen LogP contribution is -2.14. The Hall–Kier alpha value is -1.56. The van der Waals surface area contributed by atoms with Crippen LogP contribution < -0.4 is 0 Å². The SMILES string of the molecule is CCCCCCCCCC1CCC(c2ccc(-c3ccc(C4CCC(CCCCCCCCC)CC4)c(C)c3)cc2C)CC1. The first-order chi connectivity index (χ1) is 21.6. The highest BCUT2D eigenvalue weighted by Crippen LogP contribution is 2.42. The van der Waals surface area contributed by atoms with Crippen LogP contribution in [0.15, 0.2) is 36.4 Å². The van der Waals surface area contributed by atoms with Crippen LogP contribution in [0.2, 0.25) is 0 Å². The fourth-order valence-corrected chi connectivity index (χ4v) is 8.93. The third-order valence-corrected chi connectivity index (χ3v) is 11.9. The molecule has 4 rings (SSSR count). The second-order valence-corrected chi connectivity index (χ2v) is 15.4. The molecule has 0 heteroatoms. The van der Waals surface area contributed by atoms with Gasteiger partial charge in [0.25, 0.3) is 0 Å². The Morgan fingerprint density at radius 1 is 0.432 bits per heavy atom. The Morgan fingerprint density at radius 2 is 0.773 bits per heavy atom. The smallest absolute Gasteiger partial charge is 0.0159 e. The van der Waals surface area contributed by atoms with Gasteiger partial charge in [0.2, 0.25) is 0 Å². The standard InChI is InChI=1S/C44H70/c1-5-7-9-11-13-15-17-19-37-21-25-39(26-22-37)43-31-29-41(33-35(43)3)42-30-32-44(36(4)34-42)40-27-23-38(24-28-40)20-18-16-14-12-10-8-6-2/h29-34,37-40H,5-28H2,1-4H3. The molecule has 0 aliphatic heterocycles. The molecule has 2 saturated carbocycles. The van der Waals surface area contributed by atoms with Crippen molar-refractivity contribution in [2.24, 2.45) is 11.8 Å². The van der Waals surface area contributed by atoms with E-state index < -0.39 is 0 Å². The summed E-state index contributed by atoms with van der Waals surface area (Å²) in [7, 11) is 0. The molecule has 0 heterocycles. The van der Waals surface area contributed by atoms with Gasteiger partial charge in [-0.05, 0) is 122 Å². The van der Waals surface area contributed by atoms with E-state index in [4.69, 9.17) is 0 Å². The fraction of sp³-hybridized carbons (Fsp3) is 0.727. The van der Waals surface area contributed by atoms with E-state index in [0.717, 1.165) is 23.7 Å². The number of benzene rings is 2. The zero-order valence-electron chi connectivity index (χ0n) is 29.7. The van der Waals surface area contributed by atoms with Gasteiger partial charge in [0.05, 0.1) is 0 Å². The maximum Gasteiger partial charge on any atom is -0.0159 e. The summed E-state index contributed by atoms with van der Waals surface area (Å²) in [6.45, 7) is 9.37. The maximum absolute atomic E-state index is 2.49. The minimum Gasteiger partial charge on any atom is -0.0654 e. The van der Waals surface area contributed by atoms with Gasteiger partial charge in [0, 0.05) is 0 Å². The number of hydrogen-bond donors (Lipinski definition) is 0. The van der Waals surface area contributed by atoms with Crippen LogP contribution in [0.25, 0.3) is 11.1 Å². The molecular weight excluding hydrogens is 528 g/mol. The van der Waals surface area contributed by atoms with Crippen molar-refractivity contribution in [3.8, 4) is 11.1 Å². The Balaban J connectivity index is 1.19. The molecule has 0 unspecified atom stereocenters. The van der Waals surface area contributed by atoms with Crippen molar-refractivity contribution in [1.29, 1.82) is 0 Å². The molecule has 0 N–H and O–H groups in total. The first-order valence-electron chi connectivity index (χ1n) is 19.8. The summed E-state index contributed by atoms with van der Waals surface area (Å²) < 4.78 is 0. The van der Waals surface area contributed by atoms with Crippen LogP contribution in [0, 0.1) is 25.7 Å². The number of aryl methyl sites for hydroxylation is 2. The van der Waals surface area contributed by atoms with Crippen molar-refractivity contribution >= 4 is 0 Å². The van der Waals surface area contributed by atoms with Crippen LogP contribution in [-0.2, 0) is 0 Å². The third kappa shape index (κ3) is 11.4. The molecule has 2 fully saturated rings. The Morgan fingerprint density at radius 3 is 1.11 bits per heavy atom. The van der Waals surface area contributed by atoms with Gasteiger partial charge in [0.1, 0.15) is 0 Å². The lowest BCUT2D eigenvalue weighted by Gasteiger charge is -2.30. The zero-order valence-corrected chi connectivity index (χ0v) is 29.7. The van der Waals surface area contributed by atoms with Crippen molar-refractivity contribution in [2.75, 3.05) is 0 Å². The number of hydrogen-bond acceptors (Lipinski definition) is 0. The molecule has 2 aliphatic rings. The van der Waals surface area contributed by atoms with Crippen LogP contribution in [0.4, 0.5) is 0 Å². The van der Waals surface area contributed by atoms with Gasteiger partial charge >= 0.3 is 0 Å². The van der Waals surface area contributed by atoms with E-state index >= 15 is 0 Å². The van der Waals surface area contributed by atoms with Gasteiger partial charge in [-0.1, -0.05) is 153 Å². The first-order valence-corrected chi connectivity index (χ1v) is 19.8. The number of rotatable bonds is 19. The van der Waals surface area contributed by atoms with Crippen LogP contribution in [0.3, 0.4) is 0 Å². The molecular formula is C44H70. The van der Waals surface area contributed by atoms with E-state index in [1.165, 1.54) is 176 Å². The van der Waals surface area contributed by atoms with Gasteiger partial charge in [-0.2, -0.15) is 0 Å². The van der Waals surface area contributed by atoms with Gasteiger partial charge in [-0.15, -0.1) is 0 Å². The molecule has 0 atom stereocenters. The summed E-state index contributed by atoms with van der Waals surface area (Å²) in [5, 5.41) is 0. The van der Waals surface area contributed by atoms with Crippen LogP contribution in [-0.4, -0.2) is 0 Å². The molecule has 2 aromatic carbocycles. The molecule has 0 spiro atoms. The highest BCUT2D eigenvalue weighted by atomic mass is 14.3. The van der Waals surface area contributed by atoms with Crippen LogP contribution >= 0.6 is 0 Å². The molecule has 0 saturated heterocycles. The lowest BCUT2D eigenvalue weighted by molar-refractivity contribution is 0.301. The topological polar surface area (TPSA) is 0 Å². The average molecular weight is 599 g/mol. The van der Waals surface area contributed by atoms with Gasteiger partial charge in [-0.25, -0.2) is 0 Å². The molecule has 0 nitrogen and oxygen atoms in total. The van der Waals surface area contributed by atoms with Crippen molar-refractivity contribution in [3.05, 3.63) is 58.7 Å². The molecule has 2 aliphatic carbocycles. The first kappa shape index (κ1) is 35.3. The second-order valence-electron chi connectivity index (χ2n) is 15.4. The molecule has 0 radical (unpaired) electrons. The van der Waals surface area contributed by atoms with Gasteiger partial charge < -0.3 is 0 Å². The number of unbranched alkanes of at least 4 members (excludes halogenated alkanes) is 12. The van der Waals surface area contributed by atoms with Gasteiger partial charge in [0.15, 0.2) is 0 Å². The Labute approximate surface area is 274 Å². The third-order valence-electron chi connectivity index (χ3n) is 11.9. The largest absolute Gasteiger partial charge is 0.0654 e. The summed E-state index contributed by atoms with van der Waals surface area (Å²) in [6.07, 6.45) is 34.5. The van der Waals surface area contributed by atoms with Crippen LogP contribution in [0.1, 0.15) is 202 Å².